The molecule has 0 N–H and O–H groups in total. The highest BCUT2D eigenvalue weighted by atomic mass is 32.2. The average Bonchev–Trinajstić information content (AvgIpc) is 2.69. The van der Waals surface area contributed by atoms with Gasteiger partial charge in [0.05, 0.1) is 0 Å². The topological polar surface area (TPSA) is 13.0 Å². The van der Waals surface area contributed by atoms with Gasteiger partial charge in [0.15, 0.2) is 0 Å². The zero-order valence-corrected chi connectivity index (χ0v) is 19.4. The Bertz CT molecular complexity index is 454. The van der Waals surface area contributed by atoms with Crippen LogP contribution in [0.3, 0.4) is 0 Å². The summed E-state index contributed by atoms with van der Waals surface area (Å²) in [5.41, 5.74) is 0. The lowest BCUT2D eigenvalue weighted by Crippen LogP contribution is -2.47. The molecule has 4 nitrogen and oxygen atoms in total. The molecule has 2 fully saturated rings. The number of nitrogens with zero attached hydrogens (tertiary/aromatic N) is 4. The summed E-state index contributed by atoms with van der Waals surface area (Å²) in [5, 5.41) is 0. The van der Waals surface area contributed by atoms with Crippen LogP contribution < -0.4 is 0 Å². The Hall–Kier alpha value is -0.120. The van der Waals surface area contributed by atoms with E-state index in [0.717, 1.165) is 92.0 Å². The number of hydrogen-bond donors (Lipinski definition) is 0. The summed E-state index contributed by atoms with van der Waals surface area (Å²) in [5.74, 6) is 2.16. The number of thioether (sulfide) groups is 2. The summed E-state index contributed by atoms with van der Waals surface area (Å²) < 4.78 is 2.11. The van der Waals surface area contributed by atoms with Gasteiger partial charge >= 0.3 is 0 Å². The van der Waals surface area contributed by atoms with E-state index in [4.69, 9.17) is 24.4 Å². The Labute approximate surface area is 184 Å². The molecule has 152 valence electrons. The van der Waals surface area contributed by atoms with Gasteiger partial charge in [-0.1, -0.05) is 60.1 Å². The van der Waals surface area contributed by atoms with Crippen molar-refractivity contribution in [2.45, 2.75) is 6.42 Å². The van der Waals surface area contributed by atoms with Crippen LogP contribution in [-0.2, 0) is 0 Å². The van der Waals surface area contributed by atoms with E-state index in [1.54, 1.807) is 0 Å². The van der Waals surface area contributed by atoms with E-state index in [1.807, 2.05) is 35.7 Å². The van der Waals surface area contributed by atoms with Crippen LogP contribution in [0, 0.1) is 0 Å². The molecule has 0 unspecified atom stereocenters. The maximum absolute atomic E-state index is 5.61. The first-order valence-corrected chi connectivity index (χ1v) is 12.4. The summed E-state index contributed by atoms with van der Waals surface area (Å²) in [7, 11) is 0. The van der Waals surface area contributed by atoms with Gasteiger partial charge in [0, 0.05) is 77.0 Å². The molecular formula is C19H32N4S4. The van der Waals surface area contributed by atoms with Crippen LogP contribution in [0.15, 0.2) is 25.3 Å². The minimum Gasteiger partial charge on any atom is -0.355 e. The molecule has 27 heavy (non-hydrogen) atoms. The normalized spacial score (nSPS) is 19.1. The second-order valence-electron chi connectivity index (χ2n) is 6.73. The van der Waals surface area contributed by atoms with Crippen molar-refractivity contribution < 1.29 is 0 Å². The fourth-order valence-corrected chi connectivity index (χ4v) is 5.86. The van der Waals surface area contributed by atoms with Crippen LogP contribution in [0.2, 0.25) is 0 Å². The van der Waals surface area contributed by atoms with E-state index in [0.29, 0.717) is 0 Å². The molecule has 0 aliphatic carbocycles. The van der Waals surface area contributed by atoms with Crippen molar-refractivity contribution in [3.8, 4) is 0 Å². The van der Waals surface area contributed by atoms with Crippen molar-refractivity contribution in [3.63, 3.8) is 0 Å². The first kappa shape index (κ1) is 23.2. The highest BCUT2D eigenvalue weighted by Crippen LogP contribution is 2.17. The molecule has 2 saturated heterocycles. The average molecular weight is 445 g/mol. The van der Waals surface area contributed by atoms with Crippen molar-refractivity contribution >= 4 is 56.6 Å². The molecule has 0 spiro atoms. The molecule has 2 rings (SSSR count). The zero-order chi connectivity index (χ0) is 19.5. The standard InChI is InChI=1S/C19H32N4S4/c1-3-6-20-8-12-22(13-9-20)18(24)26-16-5-17-27-19(25)23-14-10-21(7-4-2)11-15-23/h3-4H,1-2,5-17H2. The highest BCUT2D eigenvalue weighted by Gasteiger charge is 2.19. The fraction of sp³-hybridized carbons (Fsp3) is 0.684. The van der Waals surface area contributed by atoms with Crippen molar-refractivity contribution in [2.24, 2.45) is 0 Å². The van der Waals surface area contributed by atoms with Crippen LogP contribution in [-0.4, -0.2) is 105 Å². The second kappa shape index (κ2) is 13.2. The van der Waals surface area contributed by atoms with Crippen molar-refractivity contribution in [3.05, 3.63) is 25.3 Å². The molecule has 2 aliphatic rings. The monoisotopic (exact) mass is 444 g/mol. The lowest BCUT2D eigenvalue weighted by molar-refractivity contribution is 0.202. The zero-order valence-electron chi connectivity index (χ0n) is 16.2. The lowest BCUT2D eigenvalue weighted by atomic mass is 10.3. The van der Waals surface area contributed by atoms with Crippen LogP contribution in [0.5, 0.6) is 0 Å². The van der Waals surface area contributed by atoms with Crippen LogP contribution in [0.4, 0.5) is 0 Å². The van der Waals surface area contributed by atoms with Gasteiger partial charge in [0.2, 0.25) is 0 Å². The molecule has 0 radical (unpaired) electrons. The van der Waals surface area contributed by atoms with E-state index in [-0.39, 0.29) is 0 Å². The number of rotatable bonds is 8. The maximum Gasteiger partial charge on any atom is 0.136 e. The predicted octanol–water partition coefficient (Wildman–Crippen LogP) is 3.02. The first-order valence-electron chi connectivity index (χ1n) is 9.64. The minimum atomic E-state index is 0.980. The summed E-state index contributed by atoms with van der Waals surface area (Å²) >= 11 is 14.9. The van der Waals surface area contributed by atoms with Gasteiger partial charge in [0.25, 0.3) is 0 Å². The van der Waals surface area contributed by atoms with Gasteiger partial charge in [-0.15, -0.1) is 13.2 Å². The molecular weight excluding hydrogens is 413 g/mol. The van der Waals surface area contributed by atoms with Crippen LogP contribution in [0.25, 0.3) is 0 Å². The van der Waals surface area contributed by atoms with Crippen LogP contribution in [0.1, 0.15) is 6.42 Å². The quantitative estimate of drug-likeness (QED) is 0.318. The summed E-state index contributed by atoms with van der Waals surface area (Å²) in [6, 6.07) is 0. The van der Waals surface area contributed by atoms with Gasteiger partial charge in [0.1, 0.15) is 8.64 Å². The number of thiocarbonyl (C=S) groups is 2. The third-order valence-electron chi connectivity index (χ3n) is 4.78. The summed E-state index contributed by atoms with van der Waals surface area (Å²) in [6.07, 6.45) is 5.10. The second-order valence-corrected chi connectivity index (χ2v) is 10.2. The number of hydrogen-bond acceptors (Lipinski definition) is 6. The Morgan fingerprint density at radius 2 is 1.07 bits per heavy atom. The molecule has 8 heteroatoms. The molecule has 0 bridgehead atoms. The molecule has 2 aliphatic heterocycles. The molecule has 0 atom stereocenters. The molecule has 0 saturated carbocycles. The molecule has 0 aromatic heterocycles. The van der Waals surface area contributed by atoms with E-state index < -0.39 is 0 Å². The van der Waals surface area contributed by atoms with E-state index in [9.17, 15) is 0 Å². The Morgan fingerprint density at radius 1 is 0.704 bits per heavy atom. The van der Waals surface area contributed by atoms with Gasteiger partial charge in [-0.25, -0.2) is 0 Å². The van der Waals surface area contributed by atoms with Gasteiger partial charge in [-0.2, -0.15) is 0 Å². The smallest absolute Gasteiger partial charge is 0.136 e. The van der Waals surface area contributed by atoms with Crippen molar-refractivity contribution in [2.75, 3.05) is 77.0 Å². The predicted molar refractivity (Wildman–Crippen MR) is 131 cm³/mol. The first-order chi connectivity index (χ1) is 13.1. The fourth-order valence-electron chi connectivity index (χ4n) is 3.15. The number of piperazine rings is 2. The SMILES string of the molecule is C=CCN1CCN(C(=S)SCCCSC(=S)N2CCN(CC=C)CC2)CC1. The van der Waals surface area contributed by atoms with Gasteiger partial charge in [-0.3, -0.25) is 9.80 Å². The van der Waals surface area contributed by atoms with E-state index in [1.165, 1.54) is 0 Å². The van der Waals surface area contributed by atoms with Crippen molar-refractivity contribution in [1.29, 1.82) is 0 Å². The third-order valence-corrected chi connectivity index (χ3v) is 7.99. The Balaban J connectivity index is 1.52. The van der Waals surface area contributed by atoms with Crippen molar-refractivity contribution in [1.82, 2.24) is 19.6 Å². The highest BCUT2D eigenvalue weighted by molar-refractivity contribution is 8.23. The maximum atomic E-state index is 5.61. The lowest BCUT2D eigenvalue weighted by Gasteiger charge is -2.35. The van der Waals surface area contributed by atoms with E-state index >= 15 is 0 Å². The third kappa shape index (κ3) is 8.41. The molecule has 2 heterocycles. The van der Waals surface area contributed by atoms with Gasteiger partial charge in [-0.05, 0) is 6.42 Å². The molecule has 0 aromatic carbocycles. The Kier molecular flexibility index (Phi) is 11.3. The minimum absolute atomic E-state index is 0.980. The van der Waals surface area contributed by atoms with Gasteiger partial charge < -0.3 is 9.80 Å². The van der Waals surface area contributed by atoms with E-state index in [2.05, 4.69) is 32.8 Å². The summed E-state index contributed by atoms with van der Waals surface area (Å²) in [6.45, 7) is 18.1. The molecule has 0 amide bonds. The molecule has 0 aromatic rings. The summed E-state index contributed by atoms with van der Waals surface area (Å²) in [4.78, 5) is 9.54. The largest absolute Gasteiger partial charge is 0.355 e. The Morgan fingerprint density at radius 3 is 1.41 bits per heavy atom. The van der Waals surface area contributed by atoms with Crippen LogP contribution >= 0.6 is 48.0 Å².